The van der Waals surface area contributed by atoms with Crippen molar-refractivity contribution >= 4 is 43.8 Å². The van der Waals surface area contributed by atoms with Crippen LogP contribution in [0.2, 0.25) is 0 Å². The van der Waals surface area contributed by atoms with Crippen LogP contribution in [0.3, 0.4) is 0 Å². The van der Waals surface area contributed by atoms with Crippen molar-refractivity contribution in [2.24, 2.45) is 0 Å². The van der Waals surface area contributed by atoms with Crippen LogP contribution in [0.15, 0.2) is 81.1 Å². The Morgan fingerprint density at radius 3 is 1.98 bits per heavy atom. The summed E-state index contributed by atoms with van der Waals surface area (Å²) in [4.78, 5) is 38.2. The van der Waals surface area contributed by atoms with E-state index in [0.717, 1.165) is 0 Å². The molecule has 0 bridgehead atoms. The highest BCUT2D eigenvalue weighted by atomic mass is 79.9. The highest BCUT2D eigenvalue weighted by Gasteiger charge is 2.24. The Balaban J connectivity index is 0.000000215. The first-order chi connectivity index (χ1) is 20.2. The standard InChI is InChI=1S/C20H14BrFN2O2.C13H11FN2O/c1-20(2,11-23)13-8-12-6-7-24(19(26)18(12)16(22)9-13)17-5-3-4-15(21)14(17)10-25;1-13(2,7-15)9-5-8-3-4-16-12(17)11(8)10(14)6-9/h3-10H,1-2H3;3-6H,1-2H3,(H,16,17). The Labute approximate surface area is 253 Å². The summed E-state index contributed by atoms with van der Waals surface area (Å²) >= 11 is 3.28. The fourth-order valence-corrected chi connectivity index (χ4v) is 4.95. The maximum absolute atomic E-state index is 14.7. The Bertz CT molecular complexity index is 2120. The van der Waals surface area contributed by atoms with Crippen LogP contribution in [0.4, 0.5) is 8.78 Å². The first kappa shape index (κ1) is 31.0. The number of fused-ring (bicyclic) bond motifs is 2. The van der Waals surface area contributed by atoms with Gasteiger partial charge in [0.15, 0.2) is 6.29 Å². The number of H-pyrrole nitrogens is 1. The van der Waals surface area contributed by atoms with E-state index in [4.69, 9.17) is 5.26 Å². The number of aldehydes is 1. The molecule has 3 aromatic carbocycles. The number of hydrogen-bond acceptors (Lipinski definition) is 5. The van der Waals surface area contributed by atoms with Gasteiger partial charge in [0.2, 0.25) is 0 Å². The molecule has 0 radical (unpaired) electrons. The molecule has 43 heavy (non-hydrogen) atoms. The largest absolute Gasteiger partial charge is 0.328 e. The summed E-state index contributed by atoms with van der Waals surface area (Å²) in [5.74, 6) is -1.29. The highest BCUT2D eigenvalue weighted by Crippen LogP contribution is 2.29. The van der Waals surface area contributed by atoms with E-state index < -0.39 is 33.6 Å². The lowest BCUT2D eigenvalue weighted by Gasteiger charge is -2.17. The fraction of sp³-hybridized carbons (Fsp3) is 0.182. The summed E-state index contributed by atoms with van der Waals surface area (Å²) in [6.45, 7) is 6.79. The number of aromatic nitrogens is 2. The smallest absolute Gasteiger partial charge is 0.265 e. The molecule has 0 saturated heterocycles. The third kappa shape index (κ3) is 5.88. The van der Waals surface area contributed by atoms with Gasteiger partial charge in [0, 0.05) is 16.9 Å². The molecule has 5 rings (SSSR count). The summed E-state index contributed by atoms with van der Waals surface area (Å²) in [5.41, 5.74) is -0.951. The average molecular weight is 643 g/mol. The molecule has 216 valence electrons. The molecule has 0 aliphatic carbocycles. The van der Waals surface area contributed by atoms with Gasteiger partial charge in [-0.3, -0.25) is 19.0 Å². The van der Waals surface area contributed by atoms with Crippen LogP contribution >= 0.6 is 15.9 Å². The monoisotopic (exact) mass is 642 g/mol. The van der Waals surface area contributed by atoms with Gasteiger partial charge in [0.25, 0.3) is 11.1 Å². The number of carbonyl (C=O) groups excluding carboxylic acids is 1. The summed E-state index contributed by atoms with van der Waals surface area (Å²) in [6.07, 6.45) is 3.61. The molecular weight excluding hydrogens is 618 g/mol. The normalized spacial score (nSPS) is 11.4. The minimum atomic E-state index is -0.876. The van der Waals surface area contributed by atoms with E-state index in [9.17, 15) is 28.4 Å². The van der Waals surface area contributed by atoms with Crippen LogP contribution in [-0.4, -0.2) is 15.8 Å². The molecular formula is C33H25BrF2N4O3. The zero-order valence-corrected chi connectivity index (χ0v) is 25.2. The van der Waals surface area contributed by atoms with Crippen LogP contribution in [0.25, 0.3) is 27.2 Å². The average Bonchev–Trinajstić information content (AvgIpc) is 2.97. The molecule has 2 heterocycles. The number of aromatic amines is 1. The molecule has 0 spiro atoms. The lowest BCUT2D eigenvalue weighted by atomic mass is 9.85. The van der Waals surface area contributed by atoms with Gasteiger partial charge < -0.3 is 4.98 Å². The summed E-state index contributed by atoms with van der Waals surface area (Å²) in [5, 5.41) is 19.2. The van der Waals surface area contributed by atoms with Crippen molar-refractivity contribution in [2.75, 3.05) is 0 Å². The number of halogens is 3. The summed E-state index contributed by atoms with van der Waals surface area (Å²) in [6, 6.07) is 18.3. The third-order valence-corrected chi connectivity index (χ3v) is 7.88. The van der Waals surface area contributed by atoms with Crippen LogP contribution in [0.1, 0.15) is 49.2 Å². The highest BCUT2D eigenvalue weighted by molar-refractivity contribution is 9.10. The van der Waals surface area contributed by atoms with Gasteiger partial charge in [-0.05, 0) is 114 Å². The van der Waals surface area contributed by atoms with Crippen molar-refractivity contribution in [3.05, 3.63) is 120 Å². The van der Waals surface area contributed by atoms with Crippen LogP contribution < -0.4 is 11.1 Å². The predicted octanol–water partition coefficient (Wildman–Crippen LogP) is 6.97. The molecule has 0 aliphatic heterocycles. The van der Waals surface area contributed by atoms with E-state index in [0.29, 0.717) is 43.9 Å². The topological polar surface area (TPSA) is 120 Å². The lowest BCUT2D eigenvalue weighted by Crippen LogP contribution is -2.21. The van der Waals surface area contributed by atoms with Crippen LogP contribution in [0.5, 0.6) is 0 Å². The minimum absolute atomic E-state index is 0.0324. The van der Waals surface area contributed by atoms with Crippen molar-refractivity contribution in [1.82, 2.24) is 9.55 Å². The predicted molar refractivity (Wildman–Crippen MR) is 164 cm³/mol. The SMILES string of the molecule is CC(C)(C#N)c1cc(F)c2c(=O)[nH]ccc2c1.CC(C)(C#N)c1cc(F)c2c(=O)n(-c3cccc(Br)c3C=O)ccc2c1. The number of nitrogens with one attached hydrogen (secondary N) is 1. The Morgan fingerprint density at radius 1 is 0.860 bits per heavy atom. The number of hydrogen-bond donors (Lipinski definition) is 1. The van der Waals surface area contributed by atoms with Gasteiger partial charge in [0.1, 0.15) is 11.6 Å². The van der Waals surface area contributed by atoms with E-state index in [1.165, 1.54) is 29.1 Å². The first-order valence-electron chi connectivity index (χ1n) is 13.0. The van der Waals surface area contributed by atoms with Crippen molar-refractivity contribution in [3.63, 3.8) is 0 Å². The van der Waals surface area contributed by atoms with Crippen molar-refractivity contribution in [1.29, 1.82) is 10.5 Å². The maximum atomic E-state index is 14.7. The van der Waals surface area contributed by atoms with Gasteiger partial charge in [-0.1, -0.05) is 6.07 Å². The molecule has 10 heteroatoms. The zero-order valence-electron chi connectivity index (χ0n) is 23.6. The number of rotatable bonds is 4. The number of nitrogens with zero attached hydrogens (tertiary/aromatic N) is 3. The first-order valence-corrected chi connectivity index (χ1v) is 13.8. The molecule has 0 fully saturated rings. The molecule has 0 atom stereocenters. The van der Waals surface area contributed by atoms with Crippen LogP contribution in [0, 0.1) is 34.3 Å². The van der Waals surface area contributed by atoms with Crippen LogP contribution in [-0.2, 0) is 10.8 Å². The Morgan fingerprint density at radius 2 is 1.42 bits per heavy atom. The molecule has 0 amide bonds. The van der Waals surface area contributed by atoms with E-state index in [2.05, 4.69) is 33.1 Å². The second-order valence-corrected chi connectivity index (χ2v) is 11.8. The Kier molecular flexibility index (Phi) is 8.47. The second kappa shape index (κ2) is 11.7. The van der Waals surface area contributed by atoms with E-state index in [-0.39, 0.29) is 10.8 Å². The lowest BCUT2D eigenvalue weighted by molar-refractivity contribution is 0.112. The third-order valence-electron chi connectivity index (χ3n) is 7.19. The van der Waals surface area contributed by atoms with Gasteiger partial charge in [-0.15, -0.1) is 0 Å². The van der Waals surface area contributed by atoms with Gasteiger partial charge in [-0.2, -0.15) is 10.5 Å². The van der Waals surface area contributed by atoms with E-state index >= 15 is 0 Å². The van der Waals surface area contributed by atoms with Gasteiger partial charge in [-0.25, -0.2) is 8.78 Å². The van der Waals surface area contributed by atoms with Crippen molar-refractivity contribution in [2.45, 2.75) is 38.5 Å². The van der Waals surface area contributed by atoms with Gasteiger partial charge >= 0.3 is 0 Å². The molecule has 0 unspecified atom stereocenters. The summed E-state index contributed by atoms with van der Waals surface area (Å²) < 4.78 is 30.4. The number of pyridine rings is 2. The quantitative estimate of drug-likeness (QED) is 0.212. The Hall–Kier alpha value is -4.93. The minimum Gasteiger partial charge on any atom is -0.328 e. The maximum Gasteiger partial charge on any atom is 0.265 e. The summed E-state index contributed by atoms with van der Waals surface area (Å²) in [7, 11) is 0. The van der Waals surface area contributed by atoms with E-state index in [1.807, 2.05) is 0 Å². The number of carbonyl (C=O) groups is 1. The molecule has 0 saturated carbocycles. The van der Waals surface area contributed by atoms with Crippen molar-refractivity contribution in [3.8, 4) is 17.8 Å². The molecule has 2 aromatic heterocycles. The van der Waals surface area contributed by atoms with Gasteiger partial charge in [0.05, 0.1) is 45.0 Å². The fourth-order valence-electron chi connectivity index (χ4n) is 4.50. The zero-order chi connectivity index (χ0) is 31.7. The number of benzene rings is 3. The number of nitriles is 2. The second-order valence-electron chi connectivity index (χ2n) is 10.9. The molecule has 5 aromatic rings. The molecule has 0 aliphatic rings. The van der Waals surface area contributed by atoms with E-state index in [1.54, 1.807) is 70.2 Å². The molecule has 1 N–H and O–H groups in total. The molecule has 7 nitrogen and oxygen atoms in total. The van der Waals surface area contributed by atoms with Crippen molar-refractivity contribution < 1.29 is 13.6 Å².